The number of hydrogen-bond acceptors (Lipinski definition) is 2. The number of hydrogen-bond donors (Lipinski definition) is 1. The van der Waals surface area contributed by atoms with Gasteiger partial charge in [-0.15, -0.1) is 0 Å². The average molecular weight is 258 g/mol. The molecule has 1 saturated carbocycles. The first-order chi connectivity index (χ1) is 9.15. The Morgan fingerprint density at radius 3 is 2.95 bits per heavy atom. The van der Waals surface area contributed by atoms with Crippen molar-refractivity contribution >= 4 is 10.9 Å². The highest BCUT2D eigenvalue weighted by Gasteiger charge is 2.28. The van der Waals surface area contributed by atoms with Crippen molar-refractivity contribution in [2.24, 2.45) is 18.9 Å². The molecule has 1 aromatic carbocycles. The molecule has 3 nitrogen and oxygen atoms in total. The Bertz CT molecular complexity index is 575. The molecule has 102 valence electrons. The first-order valence-corrected chi connectivity index (χ1v) is 7.24. The molecule has 1 fully saturated rings. The van der Waals surface area contributed by atoms with E-state index in [4.69, 9.17) is 0 Å². The lowest BCUT2D eigenvalue weighted by Gasteiger charge is -2.31. The van der Waals surface area contributed by atoms with E-state index in [1.165, 1.54) is 10.9 Å². The first kappa shape index (κ1) is 12.7. The van der Waals surface area contributed by atoms with E-state index in [2.05, 4.69) is 30.2 Å². The van der Waals surface area contributed by atoms with E-state index in [0.29, 0.717) is 5.92 Å². The summed E-state index contributed by atoms with van der Waals surface area (Å²) < 4.78 is 1.95. The van der Waals surface area contributed by atoms with Gasteiger partial charge in [0.1, 0.15) is 0 Å². The van der Waals surface area contributed by atoms with Gasteiger partial charge in [0, 0.05) is 12.4 Å². The third-order valence-corrected chi connectivity index (χ3v) is 4.49. The third kappa shape index (κ3) is 2.39. The number of rotatable bonds is 2. The summed E-state index contributed by atoms with van der Waals surface area (Å²) in [6.07, 6.45) is 3.95. The van der Waals surface area contributed by atoms with Gasteiger partial charge in [-0.2, -0.15) is 5.10 Å². The zero-order chi connectivity index (χ0) is 13.4. The van der Waals surface area contributed by atoms with Gasteiger partial charge in [-0.3, -0.25) is 4.68 Å². The molecule has 0 radical (unpaired) electrons. The molecule has 1 aliphatic carbocycles. The summed E-state index contributed by atoms with van der Waals surface area (Å²) in [5, 5.41) is 16.1. The molecule has 0 aliphatic heterocycles. The van der Waals surface area contributed by atoms with Crippen LogP contribution in [0.5, 0.6) is 0 Å². The maximum Gasteiger partial charge on any atom is 0.0707 e. The van der Waals surface area contributed by atoms with E-state index in [1.54, 1.807) is 0 Å². The van der Waals surface area contributed by atoms with Crippen molar-refractivity contribution in [2.75, 3.05) is 0 Å². The fraction of sp³-hybridized carbons (Fsp3) is 0.562. The Morgan fingerprint density at radius 1 is 1.32 bits per heavy atom. The maximum absolute atomic E-state index is 10.2. The van der Waals surface area contributed by atoms with Gasteiger partial charge in [0.15, 0.2) is 0 Å². The van der Waals surface area contributed by atoms with E-state index < -0.39 is 0 Å². The predicted octanol–water partition coefficient (Wildman–Crippen LogP) is 2.91. The van der Waals surface area contributed by atoms with E-state index in [1.807, 2.05) is 17.8 Å². The van der Waals surface area contributed by atoms with Gasteiger partial charge in [0.05, 0.1) is 17.3 Å². The number of para-hydroxylation sites is 1. The fourth-order valence-electron chi connectivity index (χ4n) is 3.39. The van der Waals surface area contributed by atoms with Gasteiger partial charge in [0.25, 0.3) is 0 Å². The number of aromatic nitrogens is 2. The Hall–Kier alpha value is -1.35. The highest BCUT2D eigenvalue weighted by molar-refractivity contribution is 5.81. The molecular weight excluding hydrogens is 236 g/mol. The summed E-state index contributed by atoms with van der Waals surface area (Å²) in [4.78, 5) is 0. The Kier molecular flexibility index (Phi) is 3.31. The monoisotopic (exact) mass is 258 g/mol. The van der Waals surface area contributed by atoms with Crippen molar-refractivity contribution in [3.05, 3.63) is 30.0 Å². The third-order valence-electron chi connectivity index (χ3n) is 4.49. The fourth-order valence-corrected chi connectivity index (χ4v) is 3.39. The van der Waals surface area contributed by atoms with Crippen LogP contribution in [-0.4, -0.2) is 21.0 Å². The van der Waals surface area contributed by atoms with E-state index in [0.717, 1.165) is 37.3 Å². The van der Waals surface area contributed by atoms with Crippen LogP contribution in [0.2, 0.25) is 0 Å². The number of aryl methyl sites for hydroxylation is 1. The van der Waals surface area contributed by atoms with Crippen molar-refractivity contribution in [1.29, 1.82) is 0 Å². The molecule has 0 bridgehead atoms. The number of aliphatic hydroxyl groups is 1. The van der Waals surface area contributed by atoms with Crippen LogP contribution in [-0.2, 0) is 13.5 Å². The molecule has 19 heavy (non-hydrogen) atoms. The molecule has 1 heterocycles. The molecule has 3 rings (SSSR count). The lowest BCUT2D eigenvalue weighted by Crippen LogP contribution is -2.29. The highest BCUT2D eigenvalue weighted by atomic mass is 16.3. The van der Waals surface area contributed by atoms with E-state index >= 15 is 0 Å². The molecule has 0 spiro atoms. The molecule has 0 saturated heterocycles. The second-order valence-electron chi connectivity index (χ2n) is 6.04. The van der Waals surface area contributed by atoms with Crippen molar-refractivity contribution < 1.29 is 5.11 Å². The average Bonchev–Trinajstić information content (AvgIpc) is 2.72. The number of benzene rings is 1. The number of nitrogens with zero attached hydrogens (tertiary/aromatic N) is 2. The van der Waals surface area contributed by atoms with Crippen LogP contribution >= 0.6 is 0 Å². The minimum absolute atomic E-state index is 0.156. The smallest absolute Gasteiger partial charge is 0.0707 e. The van der Waals surface area contributed by atoms with Crippen LogP contribution in [0.25, 0.3) is 10.9 Å². The van der Waals surface area contributed by atoms with Crippen LogP contribution in [0.15, 0.2) is 24.3 Å². The number of fused-ring (bicyclic) bond motifs is 1. The molecular formula is C16H22N2O. The lowest BCUT2D eigenvalue weighted by atomic mass is 9.78. The van der Waals surface area contributed by atoms with E-state index in [9.17, 15) is 5.11 Å². The molecule has 2 aromatic rings. The summed E-state index contributed by atoms with van der Waals surface area (Å²) in [5.74, 6) is 1.09. The zero-order valence-corrected chi connectivity index (χ0v) is 11.7. The summed E-state index contributed by atoms with van der Waals surface area (Å²) in [5.41, 5.74) is 2.31. The van der Waals surface area contributed by atoms with Crippen molar-refractivity contribution in [3.8, 4) is 0 Å². The molecule has 3 unspecified atom stereocenters. The molecule has 1 aromatic heterocycles. The molecule has 1 aliphatic rings. The first-order valence-electron chi connectivity index (χ1n) is 7.24. The van der Waals surface area contributed by atoms with Crippen molar-refractivity contribution in [2.45, 2.75) is 38.7 Å². The topological polar surface area (TPSA) is 38.1 Å². The van der Waals surface area contributed by atoms with Crippen LogP contribution < -0.4 is 0 Å². The summed E-state index contributed by atoms with van der Waals surface area (Å²) >= 11 is 0. The Morgan fingerprint density at radius 2 is 2.11 bits per heavy atom. The standard InChI is InChI=1S/C16H22N2O/c1-11-7-8-16(19)12(9-11)10-14-13-5-3-4-6-15(13)18(2)17-14/h3-6,11-12,16,19H,7-10H2,1-2H3. The second kappa shape index (κ2) is 4.97. The lowest BCUT2D eigenvalue weighted by molar-refractivity contribution is 0.0515. The quantitative estimate of drug-likeness (QED) is 0.899. The van der Waals surface area contributed by atoms with Crippen molar-refractivity contribution in [3.63, 3.8) is 0 Å². The van der Waals surface area contributed by atoms with Gasteiger partial charge in [-0.05, 0) is 43.6 Å². The predicted molar refractivity (Wildman–Crippen MR) is 76.9 cm³/mol. The minimum atomic E-state index is -0.156. The van der Waals surface area contributed by atoms with Crippen LogP contribution in [0, 0.1) is 11.8 Å². The maximum atomic E-state index is 10.2. The SMILES string of the molecule is CC1CCC(O)C(Cc2nn(C)c3ccccc23)C1. The highest BCUT2D eigenvalue weighted by Crippen LogP contribution is 2.32. The molecule has 3 heteroatoms. The summed E-state index contributed by atoms with van der Waals surface area (Å²) in [7, 11) is 1.99. The molecule has 1 N–H and O–H groups in total. The zero-order valence-electron chi connectivity index (χ0n) is 11.7. The van der Waals surface area contributed by atoms with Crippen LogP contribution in [0.3, 0.4) is 0 Å². The summed E-state index contributed by atoms with van der Waals surface area (Å²) in [6, 6.07) is 8.35. The Balaban J connectivity index is 1.88. The van der Waals surface area contributed by atoms with Crippen LogP contribution in [0.1, 0.15) is 31.9 Å². The minimum Gasteiger partial charge on any atom is -0.393 e. The largest absolute Gasteiger partial charge is 0.393 e. The molecule has 0 amide bonds. The number of aliphatic hydroxyl groups excluding tert-OH is 1. The van der Waals surface area contributed by atoms with Gasteiger partial charge in [-0.1, -0.05) is 25.1 Å². The second-order valence-corrected chi connectivity index (χ2v) is 6.04. The Labute approximate surface area is 114 Å². The van der Waals surface area contributed by atoms with Crippen molar-refractivity contribution in [1.82, 2.24) is 9.78 Å². The van der Waals surface area contributed by atoms with Gasteiger partial charge < -0.3 is 5.11 Å². The van der Waals surface area contributed by atoms with Crippen LogP contribution in [0.4, 0.5) is 0 Å². The molecule has 3 atom stereocenters. The normalized spacial score (nSPS) is 27.8. The van der Waals surface area contributed by atoms with E-state index in [-0.39, 0.29) is 6.10 Å². The van der Waals surface area contributed by atoms with Gasteiger partial charge in [0.2, 0.25) is 0 Å². The van der Waals surface area contributed by atoms with Gasteiger partial charge in [-0.25, -0.2) is 0 Å². The van der Waals surface area contributed by atoms with Gasteiger partial charge >= 0.3 is 0 Å². The summed E-state index contributed by atoms with van der Waals surface area (Å²) in [6.45, 7) is 2.29.